The highest BCUT2D eigenvalue weighted by Gasteiger charge is 2.41. The van der Waals surface area contributed by atoms with E-state index in [-0.39, 0.29) is 29.5 Å². The van der Waals surface area contributed by atoms with E-state index in [1.165, 1.54) is 11.8 Å². The van der Waals surface area contributed by atoms with Crippen molar-refractivity contribution in [1.29, 1.82) is 0 Å². The first kappa shape index (κ1) is 23.9. The van der Waals surface area contributed by atoms with Gasteiger partial charge in [0, 0.05) is 30.8 Å². The third-order valence-corrected chi connectivity index (χ3v) is 6.14. The summed E-state index contributed by atoms with van der Waals surface area (Å²) in [7, 11) is 0. The normalized spacial score (nSPS) is 17.9. The standard InChI is InChI=1S/C22H30N2O5S/c1-5-29-22(28)16(3)24(18-10-7-6-8-11-18)21(27)19-12-9-13-23(19)20(26)15(2)14-30-17(4)25/h6-8,10-11,15-16,19H,5,9,12-14H2,1-4H3/t15?,16-,19-/m0/s1. The van der Waals surface area contributed by atoms with Gasteiger partial charge >= 0.3 is 5.97 Å². The zero-order valence-electron chi connectivity index (χ0n) is 18.0. The van der Waals surface area contributed by atoms with Crippen LogP contribution >= 0.6 is 11.8 Å². The molecule has 2 rings (SSSR count). The number of para-hydroxylation sites is 1. The highest BCUT2D eigenvalue weighted by molar-refractivity contribution is 8.13. The molecule has 0 spiro atoms. The minimum atomic E-state index is -0.817. The SMILES string of the molecule is CCOC(=O)[C@H](C)N(C(=O)[C@@H]1CCCN1C(=O)C(C)CSC(C)=O)c1ccccc1. The fourth-order valence-electron chi connectivity index (χ4n) is 3.54. The van der Waals surface area contributed by atoms with Crippen molar-refractivity contribution in [3.05, 3.63) is 30.3 Å². The van der Waals surface area contributed by atoms with Gasteiger partial charge in [0.1, 0.15) is 12.1 Å². The molecule has 0 saturated carbocycles. The molecule has 30 heavy (non-hydrogen) atoms. The molecule has 0 N–H and O–H groups in total. The van der Waals surface area contributed by atoms with E-state index in [4.69, 9.17) is 4.74 Å². The Morgan fingerprint density at radius 3 is 2.47 bits per heavy atom. The maximum Gasteiger partial charge on any atom is 0.328 e. The van der Waals surface area contributed by atoms with Crippen molar-refractivity contribution in [3.8, 4) is 0 Å². The lowest BCUT2D eigenvalue weighted by atomic mass is 10.1. The number of rotatable bonds is 8. The highest BCUT2D eigenvalue weighted by Crippen LogP contribution is 2.27. The van der Waals surface area contributed by atoms with E-state index < -0.39 is 18.1 Å². The number of ether oxygens (including phenoxy) is 1. The van der Waals surface area contributed by atoms with Gasteiger partial charge in [0.25, 0.3) is 5.91 Å². The Morgan fingerprint density at radius 1 is 1.20 bits per heavy atom. The number of carbonyl (C=O) groups is 4. The third kappa shape index (κ3) is 5.84. The van der Waals surface area contributed by atoms with Gasteiger partial charge in [-0.1, -0.05) is 36.9 Å². The molecular formula is C22H30N2O5S. The van der Waals surface area contributed by atoms with Gasteiger partial charge in [-0.05, 0) is 38.8 Å². The van der Waals surface area contributed by atoms with E-state index in [1.807, 2.05) is 6.07 Å². The smallest absolute Gasteiger partial charge is 0.328 e. The molecule has 164 valence electrons. The summed E-state index contributed by atoms with van der Waals surface area (Å²) in [6.07, 6.45) is 1.25. The number of carbonyl (C=O) groups excluding carboxylic acids is 4. The van der Waals surface area contributed by atoms with Crippen LogP contribution in [-0.4, -0.2) is 58.8 Å². The van der Waals surface area contributed by atoms with E-state index >= 15 is 0 Å². The van der Waals surface area contributed by atoms with E-state index in [0.717, 1.165) is 11.8 Å². The first-order valence-corrected chi connectivity index (χ1v) is 11.2. The van der Waals surface area contributed by atoms with E-state index in [0.29, 0.717) is 30.8 Å². The number of benzene rings is 1. The van der Waals surface area contributed by atoms with Crippen LogP contribution in [0.2, 0.25) is 0 Å². The van der Waals surface area contributed by atoms with Crippen molar-refractivity contribution in [2.24, 2.45) is 5.92 Å². The first-order valence-electron chi connectivity index (χ1n) is 10.3. The number of likely N-dealkylation sites (tertiary alicyclic amines) is 1. The van der Waals surface area contributed by atoms with Gasteiger partial charge in [-0.2, -0.15) is 0 Å². The van der Waals surface area contributed by atoms with Gasteiger partial charge in [0.15, 0.2) is 5.12 Å². The van der Waals surface area contributed by atoms with Crippen LogP contribution in [0.5, 0.6) is 0 Å². The molecule has 0 radical (unpaired) electrons. The molecule has 1 aromatic rings. The van der Waals surface area contributed by atoms with Crippen molar-refractivity contribution in [2.45, 2.75) is 52.6 Å². The molecule has 8 heteroatoms. The van der Waals surface area contributed by atoms with Crippen molar-refractivity contribution in [3.63, 3.8) is 0 Å². The molecule has 1 fully saturated rings. The maximum absolute atomic E-state index is 13.6. The molecule has 3 atom stereocenters. The van der Waals surface area contributed by atoms with Crippen LogP contribution in [0.25, 0.3) is 0 Å². The molecule has 0 aromatic heterocycles. The number of hydrogen-bond acceptors (Lipinski definition) is 6. The molecule has 1 aliphatic rings. The Labute approximate surface area is 182 Å². The second kappa shape index (κ2) is 11.2. The van der Waals surface area contributed by atoms with Gasteiger partial charge in [-0.15, -0.1) is 0 Å². The zero-order chi connectivity index (χ0) is 22.3. The van der Waals surface area contributed by atoms with Crippen LogP contribution in [0.3, 0.4) is 0 Å². The predicted octanol–water partition coefficient (Wildman–Crippen LogP) is 2.88. The number of thioether (sulfide) groups is 1. The summed E-state index contributed by atoms with van der Waals surface area (Å²) in [6.45, 7) is 7.31. The fourth-order valence-corrected chi connectivity index (χ4v) is 4.17. The summed E-state index contributed by atoms with van der Waals surface area (Å²) in [6, 6.07) is 7.50. The van der Waals surface area contributed by atoms with E-state index in [9.17, 15) is 19.2 Å². The van der Waals surface area contributed by atoms with Crippen LogP contribution in [0.4, 0.5) is 5.69 Å². The second-order valence-electron chi connectivity index (χ2n) is 7.37. The van der Waals surface area contributed by atoms with Gasteiger partial charge in [-0.25, -0.2) is 4.79 Å². The molecule has 0 aliphatic carbocycles. The summed E-state index contributed by atoms with van der Waals surface area (Å²) >= 11 is 1.11. The molecule has 0 bridgehead atoms. The van der Waals surface area contributed by atoms with Crippen molar-refractivity contribution >= 4 is 40.3 Å². The van der Waals surface area contributed by atoms with Crippen molar-refractivity contribution in [1.82, 2.24) is 4.90 Å². The second-order valence-corrected chi connectivity index (χ2v) is 8.56. The summed E-state index contributed by atoms with van der Waals surface area (Å²) in [4.78, 5) is 53.2. The fraction of sp³-hybridized carbons (Fsp3) is 0.545. The van der Waals surface area contributed by atoms with Gasteiger partial charge in [0.2, 0.25) is 5.91 Å². The number of amides is 2. The number of anilines is 1. The van der Waals surface area contributed by atoms with E-state index in [2.05, 4.69) is 0 Å². The average Bonchev–Trinajstić information content (AvgIpc) is 3.22. The Hall–Kier alpha value is -2.35. The average molecular weight is 435 g/mol. The van der Waals surface area contributed by atoms with Crippen LogP contribution in [0.1, 0.15) is 40.5 Å². The highest BCUT2D eigenvalue weighted by atomic mass is 32.2. The molecule has 1 aliphatic heterocycles. The molecule has 1 aromatic carbocycles. The van der Waals surface area contributed by atoms with Gasteiger partial charge in [-0.3, -0.25) is 19.3 Å². The number of esters is 1. The predicted molar refractivity (Wildman–Crippen MR) is 117 cm³/mol. The summed E-state index contributed by atoms with van der Waals surface area (Å²) in [5.41, 5.74) is 0.586. The van der Waals surface area contributed by atoms with Crippen LogP contribution in [0, 0.1) is 5.92 Å². The molecule has 1 unspecified atom stereocenters. The Bertz CT molecular complexity index is 770. The quantitative estimate of drug-likeness (QED) is 0.585. The summed E-state index contributed by atoms with van der Waals surface area (Å²) < 4.78 is 5.14. The number of nitrogens with zero attached hydrogens (tertiary/aromatic N) is 2. The maximum atomic E-state index is 13.6. The van der Waals surface area contributed by atoms with Crippen molar-refractivity contribution in [2.75, 3.05) is 23.8 Å². The van der Waals surface area contributed by atoms with Crippen LogP contribution < -0.4 is 4.90 Å². The Balaban J connectivity index is 2.26. The summed E-state index contributed by atoms with van der Waals surface area (Å²) in [5.74, 6) is -0.917. The third-order valence-electron chi connectivity index (χ3n) is 5.07. The molecule has 7 nitrogen and oxygen atoms in total. The van der Waals surface area contributed by atoms with Crippen LogP contribution in [0.15, 0.2) is 30.3 Å². The molecule has 2 amide bonds. The minimum Gasteiger partial charge on any atom is -0.464 e. The number of hydrogen-bond donors (Lipinski definition) is 0. The largest absolute Gasteiger partial charge is 0.464 e. The Kier molecular flexibility index (Phi) is 8.89. The lowest BCUT2D eigenvalue weighted by molar-refractivity contribution is -0.146. The lowest BCUT2D eigenvalue weighted by Crippen LogP contribution is -2.53. The monoisotopic (exact) mass is 434 g/mol. The molecule has 1 heterocycles. The zero-order valence-corrected chi connectivity index (χ0v) is 18.8. The lowest BCUT2D eigenvalue weighted by Gasteiger charge is -2.34. The van der Waals surface area contributed by atoms with Gasteiger partial charge in [0.05, 0.1) is 6.61 Å². The molecule has 1 saturated heterocycles. The minimum absolute atomic E-state index is 0.0396. The molecular weight excluding hydrogens is 404 g/mol. The topological polar surface area (TPSA) is 84.0 Å². The van der Waals surface area contributed by atoms with Crippen molar-refractivity contribution < 1.29 is 23.9 Å². The van der Waals surface area contributed by atoms with E-state index in [1.54, 1.807) is 49.9 Å². The van der Waals surface area contributed by atoms with Crippen LogP contribution in [-0.2, 0) is 23.9 Å². The summed E-state index contributed by atoms with van der Waals surface area (Å²) in [5, 5.41) is -0.0396. The van der Waals surface area contributed by atoms with Gasteiger partial charge < -0.3 is 9.64 Å². The Morgan fingerprint density at radius 2 is 1.87 bits per heavy atom. The first-order chi connectivity index (χ1) is 14.3.